The number of hydrogen-bond donors (Lipinski definition) is 0. The molecule has 10 heteroatoms. The molecule has 0 N–H and O–H groups in total. The molecular formula is C23H36N4O5S. The molecule has 4 rings (SSSR count). The second kappa shape index (κ2) is 9.85. The van der Waals surface area contributed by atoms with Gasteiger partial charge in [-0.1, -0.05) is 6.92 Å². The number of nitro benzene ring substituents is 1. The molecule has 3 fully saturated rings. The van der Waals surface area contributed by atoms with Gasteiger partial charge in [-0.2, -0.15) is 4.31 Å². The number of morpholine rings is 1. The van der Waals surface area contributed by atoms with E-state index in [4.69, 9.17) is 4.74 Å². The van der Waals surface area contributed by atoms with Crippen LogP contribution in [0.15, 0.2) is 23.1 Å². The number of hydrogen-bond acceptors (Lipinski definition) is 7. The minimum atomic E-state index is -3.73. The van der Waals surface area contributed by atoms with E-state index in [2.05, 4.69) is 25.7 Å². The lowest BCUT2D eigenvalue weighted by Gasteiger charge is -2.44. The van der Waals surface area contributed by atoms with Gasteiger partial charge in [-0.15, -0.1) is 0 Å². The fraction of sp³-hybridized carbons (Fsp3) is 0.739. The topological polar surface area (TPSA) is 96.2 Å². The second-order valence-electron chi connectivity index (χ2n) is 9.92. The molecule has 1 aromatic rings. The van der Waals surface area contributed by atoms with Crippen molar-refractivity contribution in [3.63, 3.8) is 0 Å². The van der Waals surface area contributed by atoms with Crippen LogP contribution in [0.5, 0.6) is 0 Å². The van der Waals surface area contributed by atoms with Gasteiger partial charge in [0.05, 0.1) is 22.0 Å². The van der Waals surface area contributed by atoms with Crippen molar-refractivity contribution >= 4 is 21.4 Å². The van der Waals surface area contributed by atoms with Crippen molar-refractivity contribution in [2.45, 2.75) is 69.6 Å². The first-order valence-corrected chi connectivity index (χ1v) is 13.5. The third-order valence-electron chi connectivity index (χ3n) is 7.29. The van der Waals surface area contributed by atoms with E-state index in [1.54, 1.807) is 6.07 Å². The molecule has 9 nitrogen and oxygen atoms in total. The first-order chi connectivity index (χ1) is 15.6. The minimum Gasteiger partial charge on any atom is -0.373 e. The number of nitro groups is 1. The van der Waals surface area contributed by atoms with Gasteiger partial charge in [-0.25, -0.2) is 8.42 Å². The van der Waals surface area contributed by atoms with E-state index < -0.39 is 14.9 Å². The van der Waals surface area contributed by atoms with Crippen molar-refractivity contribution in [3.8, 4) is 0 Å². The Morgan fingerprint density at radius 3 is 2.15 bits per heavy atom. The third kappa shape index (κ3) is 5.34. The van der Waals surface area contributed by atoms with E-state index in [1.165, 1.54) is 16.4 Å². The predicted molar refractivity (Wildman–Crippen MR) is 127 cm³/mol. The molecule has 3 saturated heterocycles. The maximum atomic E-state index is 13.1. The zero-order chi connectivity index (χ0) is 23.8. The average Bonchev–Trinajstić information content (AvgIpc) is 2.78. The number of benzene rings is 1. The van der Waals surface area contributed by atoms with Crippen LogP contribution in [0.25, 0.3) is 0 Å². The summed E-state index contributed by atoms with van der Waals surface area (Å²) in [6, 6.07) is 4.85. The first kappa shape index (κ1) is 24.4. The van der Waals surface area contributed by atoms with E-state index in [-0.39, 0.29) is 22.8 Å². The molecule has 33 heavy (non-hydrogen) atoms. The highest BCUT2D eigenvalue weighted by Gasteiger charge is 2.34. The van der Waals surface area contributed by atoms with Crippen LogP contribution in [0, 0.1) is 16.0 Å². The largest absolute Gasteiger partial charge is 0.373 e. The molecule has 0 saturated carbocycles. The summed E-state index contributed by atoms with van der Waals surface area (Å²) in [5.41, 5.74) is 0.377. The Kier molecular flexibility index (Phi) is 7.28. The van der Waals surface area contributed by atoms with Crippen LogP contribution in [-0.4, -0.2) is 80.1 Å². The highest BCUT2D eigenvalue weighted by Crippen LogP contribution is 2.35. The molecule has 0 amide bonds. The summed E-state index contributed by atoms with van der Waals surface area (Å²) < 4.78 is 33.5. The molecule has 0 aromatic heterocycles. The summed E-state index contributed by atoms with van der Waals surface area (Å²) in [5, 5.41) is 11.9. The van der Waals surface area contributed by atoms with Crippen molar-refractivity contribution in [2.24, 2.45) is 5.92 Å². The van der Waals surface area contributed by atoms with Gasteiger partial charge in [0, 0.05) is 51.4 Å². The number of piperidine rings is 2. The van der Waals surface area contributed by atoms with Crippen molar-refractivity contribution < 1.29 is 18.1 Å². The second-order valence-corrected chi connectivity index (χ2v) is 11.9. The Labute approximate surface area is 196 Å². The molecule has 3 aliphatic heterocycles. The lowest BCUT2D eigenvalue weighted by Crippen LogP contribution is -2.53. The van der Waals surface area contributed by atoms with Gasteiger partial charge in [-0.05, 0) is 57.6 Å². The summed E-state index contributed by atoms with van der Waals surface area (Å²) >= 11 is 0. The van der Waals surface area contributed by atoms with Gasteiger partial charge in [0.2, 0.25) is 10.0 Å². The molecule has 2 atom stereocenters. The van der Waals surface area contributed by atoms with Gasteiger partial charge in [0.15, 0.2) is 0 Å². The third-order valence-corrected chi connectivity index (χ3v) is 9.19. The van der Waals surface area contributed by atoms with Gasteiger partial charge in [0.1, 0.15) is 5.69 Å². The molecule has 0 bridgehead atoms. The van der Waals surface area contributed by atoms with Crippen LogP contribution in [0.1, 0.15) is 46.5 Å². The molecule has 2 unspecified atom stereocenters. The van der Waals surface area contributed by atoms with Crippen LogP contribution >= 0.6 is 0 Å². The van der Waals surface area contributed by atoms with E-state index >= 15 is 0 Å². The average molecular weight is 481 g/mol. The van der Waals surface area contributed by atoms with Crippen molar-refractivity contribution in [2.75, 3.05) is 44.2 Å². The Bertz CT molecular complexity index is 946. The Hall–Kier alpha value is -1.75. The fourth-order valence-corrected chi connectivity index (χ4v) is 6.93. The number of ether oxygens (including phenoxy) is 1. The molecule has 184 valence electrons. The number of anilines is 1. The minimum absolute atomic E-state index is 0.0127. The Morgan fingerprint density at radius 1 is 0.970 bits per heavy atom. The zero-order valence-corrected chi connectivity index (χ0v) is 20.7. The lowest BCUT2D eigenvalue weighted by atomic mass is 10.0. The molecule has 1 aromatic carbocycles. The monoisotopic (exact) mass is 480 g/mol. The quantitative estimate of drug-likeness (QED) is 0.472. The predicted octanol–water partition coefficient (Wildman–Crippen LogP) is 3.09. The molecule has 0 aliphatic carbocycles. The summed E-state index contributed by atoms with van der Waals surface area (Å²) in [5.74, 6) is 0.500. The highest BCUT2D eigenvalue weighted by atomic mass is 32.2. The van der Waals surface area contributed by atoms with Gasteiger partial charge in [0.25, 0.3) is 5.69 Å². The summed E-state index contributed by atoms with van der Waals surface area (Å²) in [4.78, 5) is 16.0. The highest BCUT2D eigenvalue weighted by molar-refractivity contribution is 7.89. The smallest absolute Gasteiger partial charge is 0.293 e. The summed E-state index contributed by atoms with van der Waals surface area (Å²) in [6.45, 7) is 10.5. The first-order valence-electron chi connectivity index (χ1n) is 12.1. The van der Waals surface area contributed by atoms with Crippen molar-refractivity contribution in [1.29, 1.82) is 0 Å². The number of nitrogens with zero attached hydrogens (tertiary/aromatic N) is 4. The standard InChI is InChI=1S/C23H36N4O5S/c1-17-6-12-26(13-7-17)33(30,31)21-4-5-22(23(14-21)27(28)29)24-10-8-20(9-11-24)25-15-18(2)32-19(3)16-25/h4-5,14,17-20H,6-13,15-16H2,1-3H3. The Morgan fingerprint density at radius 2 is 1.58 bits per heavy atom. The van der Waals surface area contributed by atoms with Crippen LogP contribution in [0.3, 0.4) is 0 Å². The van der Waals surface area contributed by atoms with Crippen molar-refractivity contribution in [3.05, 3.63) is 28.3 Å². The molecule has 3 aliphatic rings. The molecular weight excluding hydrogens is 444 g/mol. The van der Waals surface area contributed by atoms with E-state index in [0.29, 0.717) is 43.8 Å². The van der Waals surface area contributed by atoms with Crippen LogP contribution < -0.4 is 4.90 Å². The SMILES string of the molecule is CC1CCN(S(=O)(=O)c2ccc(N3CCC(N4CC(C)OC(C)C4)CC3)c([N+](=O)[O-])c2)CC1. The van der Waals surface area contributed by atoms with Crippen molar-refractivity contribution in [1.82, 2.24) is 9.21 Å². The maximum Gasteiger partial charge on any atom is 0.293 e. The van der Waals surface area contributed by atoms with Gasteiger partial charge in [-0.3, -0.25) is 15.0 Å². The number of sulfonamides is 1. The zero-order valence-electron chi connectivity index (χ0n) is 19.9. The normalized spacial score (nSPS) is 27.1. The van der Waals surface area contributed by atoms with E-state index in [0.717, 1.165) is 38.8 Å². The van der Waals surface area contributed by atoms with Gasteiger partial charge < -0.3 is 9.64 Å². The Balaban J connectivity index is 1.48. The molecule has 0 spiro atoms. The fourth-order valence-electron chi connectivity index (χ4n) is 5.44. The van der Waals surface area contributed by atoms with E-state index in [1.807, 2.05) is 4.90 Å². The van der Waals surface area contributed by atoms with E-state index in [9.17, 15) is 18.5 Å². The summed E-state index contributed by atoms with van der Waals surface area (Å²) in [7, 11) is -3.73. The van der Waals surface area contributed by atoms with Crippen LogP contribution in [0.4, 0.5) is 11.4 Å². The summed E-state index contributed by atoms with van der Waals surface area (Å²) in [6.07, 6.45) is 3.89. The molecule has 0 radical (unpaired) electrons. The maximum absolute atomic E-state index is 13.1. The number of rotatable bonds is 5. The molecule has 3 heterocycles. The van der Waals surface area contributed by atoms with Crippen LogP contribution in [-0.2, 0) is 14.8 Å². The van der Waals surface area contributed by atoms with Gasteiger partial charge >= 0.3 is 0 Å². The van der Waals surface area contributed by atoms with Crippen LogP contribution in [0.2, 0.25) is 0 Å². The lowest BCUT2D eigenvalue weighted by molar-refractivity contribution is -0.384.